The van der Waals surface area contributed by atoms with Crippen molar-refractivity contribution in [3.63, 3.8) is 0 Å². The van der Waals surface area contributed by atoms with Crippen LogP contribution in [0.15, 0.2) is 24.3 Å². The Kier molecular flexibility index (Phi) is 7.64. The fourth-order valence-electron chi connectivity index (χ4n) is 2.32. The van der Waals surface area contributed by atoms with Crippen LogP contribution in [0.4, 0.5) is 5.69 Å². The lowest BCUT2D eigenvalue weighted by Crippen LogP contribution is -2.37. The molecule has 4 nitrogen and oxygen atoms in total. The molecule has 4 heteroatoms. The molecule has 0 spiro atoms. The lowest BCUT2D eigenvalue weighted by atomic mass is 10.2. The van der Waals surface area contributed by atoms with E-state index in [0.717, 1.165) is 12.2 Å². The van der Waals surface area contributed by atoms with Crippen LogP contribution < -0.4 is 10.2 Å². The number of rotatable bonds is 6. The number of carbonyl (C=O) groups excluding carboxylic acids is 1. The monoisotopic (exact) mass is 315 g/mol. The smallest absolute Gasteiger partial charge is 0.252 e. The largest absolute Gasteiger partial charge is 0.378 e. The number of benzene rings is 1. The average molecular weight is 315 g/mol. The topological polar surface area (TPSA) is 35.6 Å². The summed E-state index contributed by atoms with van der Waals surface area (Å²) in [6.45, 7) is 9.77. The first-order chi connectivity index (χ1) is 10.8. The molecule has 0 atom stereocenters. The van der Waals surface area contributed by atoms with Crippen molar-refractivity contribution in [3.8, 4) is 11.8 Å². The van der Waals surface area contributed by atoms with Gasteiger partial charge < -0.3 is 10.2 Å². The van der Waals surface area contributed by atoms with E-state index in [1.54, 1.807) is 0 Å². The summed E-state index contributed by atoms with van der Waals surface area (Å²) >= 11 is 0. The highest BCUT2D eigenvalue weighted by Gasteiger charge is 2.11. The zero-order valence-electron chi connectivity index (χ0n) is 15.2. The van der Waals surface area contributed by atoms with Gasteiger partial charge in [0.05, 0.1) is 13.1 Å². The van der Waals surface area contributed by atoms with Gasteiger partial charge in [-0.25, -0.2) is 0 Å². The van der Waals surface area contributed by atoms with Gasteiger partial charge >= 0.3 is 0 Å². The van der Waals surface area contributed by atoms with E-state index in [4.69, 9.17) is 0 Å². The minimum atomic E-state index is -0.0902. The summed E-state index contributed by atoms with van der Waals surface area (Å²) in [6.07, 6.45) is 0. The van der Waals surface area contributed by atoms with Gasteiger partial charge in [-0.05, 0) is 45.9 Å². The first-order valence-corrected chi connectivity index (χ1v) is 8.10. The lowest BCUT2D eigenvalue weighted by Gasteiger charge is -2.28. The Labute approximate surface area is 140 Å². The van der Waals surface area contributed by atoms with Crippen molar-refractivity contribution in [2.24, 2.45) is 0 Å². The summed E-state index contributed by atoms with van der Waals surface area (Å²) in [5, 5.41) is 2.85. The Morgan fingerprint density at radius 3 is 2.35 bits per heavy atom. The van der Waals surface area contributed by atoms with E-state index in [9.17, 15) is 4.79 Å². The molecule has 126 valence electrons. The zero-order valence-corrected chi connectivity index (χ0v) is 15.2. The van der Waals surface area contributed by atoms with Gasteiger partial charge in [-0.1, -0.05) is 17.9 Å². The van der Waals surface area contributed by atoms with E-state index in [1.165, 1.54) is 0 Å². The molecule has 1 amide bonds. The van der Waals surface area contributed by atoms with Gasteiger partial charge in [-0.3, -0.25) is 9.69 Å². The molecule has 0 heterocycles. The van der Waals surface area contributed by atoms with Crippen molar-refractivity contribution in [2.45, 2.75) is 39.8 Å². The van der Waals surface area contributed by atoms with Crippen LogP contribution in [0.25, 0.3) is 0 Å². The Bertz CT molecular complexity index is 559. The summed E-state index contributed by atoms with van der Waals surface area (Å²) in [4.78, 5) is 16.4. The molecule has 0 aliphatic rings. The summed E-state index contributed by atoms with van der Waals surface area (Å²) in [5.74, 6) is 6.08. The van der Waals surface area contributed by atoms with Crippen LogP contribution in [0, 0.1) is 11.8 Å². The maximum atomic E-state index is 12.1. The molecule has 0 aromatic heterocycles. The molecule has 0 saturated carbocycles. The molecule has 23 heavy (non-hydrogen) atoms. The Balaban J connectivity index is 2.52. The molecule has 1 aromatic rings. The molecule has 0 saturated heterocycles. The number of hydrogen-bond acceptors (Lipinski definition) is 3. The third kappa shape index (κ3) is 6.33. The highest BCUT2D eigenvalue weighted by molar-refractivity contribution is 5.95. The first-order valence-electron chi connectivity index (χ1n) is 8.10. The van der Waals surface area contributed by atoms with E-state index in [2.05, 4.69) is 49.8 Å². The van der Waals surface area contributed by atoms with Crippen LogP contribution in [-0.2, 0) is 0 Å². The van der Waals surface area contributed by atoms with Crippen molar-refractivity contribution >= 4 is 11.6 Å². The Morgan fingerprint density at radius 2 is 1.78 bits per heavy atom. The number of nitrogens with zero attached hydrogens (tertiary/aromatic N) is 2. The molecule has 0 aliphatic carbocycles. The Hall–Kier alpha value is -1.99. The molecular weight excluding hydrogens is 286 g/mol. The van der Waals surface area contributed by atoms with Gasteiger partial charge in [0, 0.05) is 37.4 Å². The quantitative estimate of drug-likeness (QED) is 0.820. The third-order valence-corrected chi connectivity index (χ3v) is 3.68. The second kappa shape index (κ2) is 9.22. The van der Waals surface area contributed by atoms with Crippen molar-refractivity contribution in [1.82, 2.24) is 10.2 Å². The molecule has 1 N–H and O–H groups in total. The van der Waals surface area contributed by atoms with Gasteiger partial charge in [0.25, 0.3) is 5.91 Å². The summed E-state index contributed by atoms with van der Waals surface area (Å²) in [6, 6.07) is 8.49. The SMILES string of the molecule is CC(C)N(CC#CCNC(=O)c1cccc(N(C)C)c1)C(C)C. The van der Waals surface area contributed by atoms with E-state index in [0.29, 0.717) is 24.2 Å². The van der Waals surface area contributed by atoms with Crippen molar-refractivity contribution in [1.29, 1.82) is 0 Å². The zero-order chi connectivity index (χ0) is 17.4. The second-order valence-electron chi connectivity index (χ2n) is 6.34. The summed E-state index contributed by atoms with van der Waals surface area (Å²) < 4.78 is 0. The number of amides is 1. The highest BCUT2D eigenvalue weighted by Crippen LogP contribution is 2.13. The fourth-order valence-corrected chi connectivity index (χ4v) is 2.32. The predicted octanol–water partition coefficient (Wildman–Crippen LogP) is 2.60. The molecule has 1 rings (SSSR count). The number of carbonyl (C=O) groups is 1. The molecule has 1 aromatic carbocycles. The van der Waals surface area contributed by atoms with E-state index < -0.39 is 0 Å². The van der Waals surface area contributed by atoms with Gasteiger partial charge in [0.2, 0.25) is 0 Å². The van der Waals surface area contributed by atoms with Gasteiger partial charge in [0.1, 0.15) is 0 Å². The van der Waals surface area contributed by atoms with Crippen molar-refractivity contribution in [3.05, 3.63) is 29.8 Å². The van der Waals surface area contributed by atoms with Crippen LogP contribution in [0.2, 0.25) is 0 Å². The fraction of sp³-hybridized carbons (Fsp3) is 0.526. The number of hydrogen-bond donors (Lipinski definition) is 1. The van der Waals surface area contributed by atoms with Crippen LogP contribution in [0.1, 0.15) is 38.1 Å². The van der Waals surface area contributed by atoms with Gasteiger partial charge in [-0.2, -0.15) is 0 Å². The van der Waals surface area contributed by atoms with Crippen molar-refractivity contribution in [2.75, 3.05) is 32.1 Å². The maximum absolute atomic E-state index is 12.1. The number of nitrogens with one attached hydrogen (secondary N) is 1. The molecule has 0 fully saturated rings. The standard InChI is InChI=1S/C19H29N3O/c1-15(2)22(16(3)4)13-8-7-12-20-19(23)17-10-9-11-18(14-17)21(5)6/h9-11,14-16H,12-13H2,1-6H3,(H,20,23). The van der Waals surface area contributed by atoms with Crippen LogP contribution in [0.5, 0.6) is 0 Å². The summed E-state index contributed by atoms with van der Waals surface area (Å²) in [7, 11) is 3.91. The predicted molar refractivity (Wildman–Crippen MR) is 97.9 cm³/mol. The van der Waals surface area contributed by atoms with Crippen LogP contribution in [0.3, 0.4) is 0 Å². The molecular formula is C19H29N3O. The molecule has 0 radical (unpaired) electrons. The van der Waals surface area contributed by atoms with E-state index in [1.807, 2.05) is 43.3 Å². The number of anilines is 1. The normalized spacial score (nSPS) is 10.7. The lowest BCUT2D eigenvalue weighted by molar-refractivity contribution is 0.0958. The second-order valence-corrected chi connectivity index (χ2v) is 6.34. The highest BCUT2D eigenvalue weighted by atomic mass is 16.1. The Morgan fingerprint density at radius 1 is 1.13 bits per heavy atom. The molecule has 0 bridgehead atoms. The maximum Gasteiger partial charge on any atom is 0.252 e. The average Bonchev–Trinajstić information content (AvgIpc) is 2.49. The van der Waals surface area contributed by atoms with Crippen LogP contribution >= 0.6 is 0 Å². The summed E-state index contributed by atoms with van der Waals surface area (Å²) in [5.41, 5.74) is 1.66. The van der Waals surface area contributed by atoms with Gasteiger partial charge in [-0.15, -0.1) is 0 Å². The van der Waals surface area contributed by atoms with E-state index in [-0.39, 0.29) is 5.91 Å². The minimum Gasteiger partial charge on any atom is -0.378 e. The molecule has 0 unspecified atom stereocenters. The van der Waals surface area contributed by atoms with Crippen LogP contribution in [-0.4, -0.2) is 50.1 Å². The molecule has 0 aliphatic heterocycles. The minimum absolute atomic E-state index is 0.0902. The van der Waals surface area contributed by atoms with Crippen molar-refractivity contribution < 1.29 is 4.79 Å². The van der Waals surface area contributed by atoms with Gasteiger partial charge in [0.15, 0.2) is 0 Å². The first kappa shape index (κ1) is 19.1. The third-order valence-electron chi connectivity index (χ3n) is 3.68. The van der Waals surface area contributed by atoms with E-state index >= 15 is 0 Å².